The highest BCUT2D eigenvalue weighted by atomic mass is 16.5. The Bertz CT molecular complexity index is 1420. The maximum absolute atomic E-state index is 6.15. The van der Waals surface area contributed by atoms with Crippen LogP contribution in [0, 0.1) is 0 Å². The normalized spacial score (nSPS) is 11.2. The van der Waals surface area contributed by atoms with Crippen molar-refractivity contribution in [3.05, 3.63) is 54.6 Å². The summed E-state index contributed by atoms with van der Waals surface area (Å²) in [6, 6.07) is 17.6. The molecular formula is C25H21NO5. The first kappa shape index (κ1) is 19.1. The monoisotopic (exact) mass is 415 g/mol. The van der Waals surface area contributed by atoms with E-state index in [2.05, 4.69) is 0 Å². The number of hydrogen-bond acceptors (Lipinski definition) is 6. The smallest absolute Gasteiger partial charge is 0.228 e. The molecule has 0 atom stereocenters. The molecule has 31 heavy (non-hydrogen) atoms. The molecule has 0 radical (unpaired) electrons. The predicted molar refractivity (Wildman–Crippen MR) is 121 cm³/mol. The zero-order valence-corrected chi connectivity index (χ0v) is 17.7. The number of pyridine rings is 1. The van der Waals surface area contributed by atoms with Crippen molar-refractivity contribution in [1.82, 2.24) is 4.98 Å². The van der Waals surface area contributed by atoms with E-state index in [0.29, 0.717) is 23.0 Å². The third-order valence-corrected chi connectivity index (χ3v) is 5.47. The van der Waals surface area contributed by atoms with E-state index in [9.17, 15) is 0 Å². The second kappa shape index (κ2) is 7.40. The van der Waals surface area contributed by atoms with Crippen molar-refractivity contribution in [1.29, 1.82) is 0 Å². The summed E-state index contributed by atoms with van der Waals surface area (Å²) < 4.78 is 28.7. The Balaban J connectivity index is 2.05. The zero-order valence-electron chi connectivity index (χ0n) is 17.7. The predicted octanol–water partition coefficient (Wildman–Crippen LogP) is 5.84. The molecule has 0 saturated heterocycles. The van der Waals surface area contributed by atoms with Crippen LogP contribution < -0.4 is 18.9 Å². The van der Waals surface area contributed by atoms with Crippen LogP contribution in [0.2, 0.25) is 0 Å². The van der Waals surface area contributed by atoms with Gasteiger partial charge in [0, 0.05) is 16.3 Å². The fourth-order valence-electron chi connectivity index (χ4n) is 4.08. The first-order valence-corrected chi connectivity index (χ1v) is 9.78. The van der Waals surface area contributed by atoms with Gasteiger partial charge in [0.05, 0.1) is 44.9 Å². The van der Waals surface area contributed by atoms with E-state index in [4.69, 9.17) is 28.3 Å². The molecule has 2 heterocycles. The molecule has 6 heteroatoms. The zero-order chi connectivity index (χ0) is 21.5. The molecule has 0 amide bonds. The van der Waals surface area contributed by atoms with E-state index in [1.54, 1.807) is 28.4 Å². The summed E-state index contributed by atoms with van der Waals surface area (Å²) in [5, 5.41) is 3.48. The van der Waals surface area contributed by atoms with Gasteiger partial charge in [-0.05, 0) is 24.3 Å². The second-order valence-corrected chi connectivity index (χ2v) is 7.04. The Labute approximate surface area is 178 Å². The Kier molecular flexibility index (Phi) is 4.55. The summed E-state index contributed by atoms with van der Waals surface area (Å²) in [5.41, 5.74) is 2.94. The number of nitrogens with zero attached hydrogens (tertiary/aromatic N) is 1. The summed E-state index contributed by atoms with van der Waals surface area (Å²) >= 11 is 0. The van der Waals surface area contributed by atoms with Gasteiger partial charge in [0.2, 0.25) is 11.5 Å². The number of hydrogen-bond donors (Lipinski definition) is 0. The number of ether oxygens (including phenoxy) is 4. The minimum absolute atomic E-state index is 0.515. The summed E-state index contributed by atoms with van der Waals surface area (Å²) in [5.74, 6) is 2.38. The van der Waals surface area contributed by atoms with Crippen molar-refractivity contribution in [2.24, 2.45) is 0 Å². The number of methoxy groups -OCH3 is 4. The van der Waals surface area contributed by atoms with Crippen molar-refractivity contribution in [3.8, 4) is 34.3 Å². The molecule has 0 bridgehead atoms. The molecule has 6 nitrogen and oxygen atoms in total. The number of furan rings is 1. The van der Waals surface area contributed by atoms with E-state index < -0.39 is 0 Å². The molecule has 5 aromatic rings. The van der Waals surface area contributed by atoms with Gasteiger partial charge in [-0.1, -0.05) is 30.3 Å². The number of rotatable bonds is 5. The third kappa shape index (κ3) is 2.83. The van der Waals surface area contributed by atoms with Crippen LogP contribution in [0.5, 0.6) is 23.0 Å². The van der Waals surface area contributed by atoms with Crippen LogP contribution in [-0.4, -0.2) is 33.4 Å². The SMILES string of the molecule is COc1ccc2oc3nc(-c4ccccc4)c4c(OC)c(OC)c(OC)cc4c3c2c1. The van der Waals surface area contributed by atoms with Gasteiger partial charge < -0.3 is 23.4 Å². The number of fused-ring (bicyclic) bond motifs is 5. The lowest BCUT2D eigenvalue weighted by molar-refractivity contribution is 0.327. The molecule has 3 aromatic carbocycles. The summed E-state index contributed by atoms with van der Waals surface area (Å²) in [4.78, 5) is 4.92. The molecule has 0 spiro atoms. The van der Waals surface area contributed by atoms with Crippen LogP contribution in [0.4, 0.5) is 0 Å². The Morgan fingerprint density at radius 2 is 1.48 bits per heavy atom. The molecule has 0 fully saturated rings. The van der Waals surface area contributed by atoms with Crippen LogP contribution in [0.1, 0.15) is 0 Å². The van der Waals surface area contributed by atoms with Gasteiger partial charge in [-0.2, -0.15) is 0 Å². The quantitative estimate of drug-likeness (QED) is 0.360. The van der Waals surface area contributed by atoms with E-state index in [0.717, 1.165) is 44.1 Å². The maximum Gasteiger partial charge on any atom is 0.228 e. The van der Waals surface area contributed by atoms with Gasteiger partial charge >= 0.3 is 0 Å². The van der Waals surface area contributed by atoms with Crippen LogP contribution >= 0.6 is 0 Å². The average Bonchev–Trinajstić information content (AvgIpc) is 3.20. The molecule has 0 unspecified atom stereocenters. The lowest BCUT2D eigenvalue weighted by Gasteiger charge is -2.17. The fraction of sp³-hybridized carbons (Fsp3) is 0.160. The summed E-state index contributed by atoms with van der Waals surface area (Å²) in [7, 11) is 6.46. The molecule has 156 valence electrons. The Hall–Kier alpha value is -3.93. The van der Waals surface area contributed by atoms with Gasteiger partial charge in [-0.15, -0.1) is 0 Å². The van der Waals surface area contributed by atoms with Crippen LogP contribution in [0.15, 0.2) is 59.0 Å². The Morgan fingerprint density at radius 3 is 2.16 bits per heavy atom. The number of benzene rings is 3. The van der Waals surface area contributed by atoms with Crippen molar-refractivity contribution in [3.63, 3.8) is 0 Å². The highest BCUT2D eigenvalue weighted by molar-refractivity contribution is 6.22. The van der Waals surface area contributed by atoms with Crippen molar-refractivity contribution < 1.29 is 23.4 Å². The highest BCUT2D eigenvalue weighted by Gasteiger charge is 2.24. The van der Waals surface area contributed by atoms with Gasteiger partial charge in [0.15, 0.2) is 11.5 Å². The van der Waals surface area contributed by atoms with Crippen LogP contribution in [0.3, 0.4) is 0 Å². The molecule has 0 aliphatic rings. The summed E-state index contributed by atoms with van der Waals surface area (Å²) in [6.07, 6.45) is 0. The second-order valence-electron chi connectivity index (χ2n) is 7.04. The van der Waals surface area contributed by atoms with E-state index >= 15 is 0 Å². The number of aromatic nitrogens is 1. The third-order valence-electron chi connectivity index (χ3n) is 5.47. The van der Waals surface area contributed by atoms with Crippen molar-refractivity contribution in [2.75, 3.05) is 28.4 Å². The van der Waals surface area contributed by atoms with E-state index in [1.807, 2.05) is 54.6 Å². The van der Waals surface area contributed by atoms with Crippen molar-refractivity contribution in [2.45, 2.75) is 0 Å². The minimum Gasteiger partial charge on any atom is -0.497 e. The largest absolute Gasteiger partial charge is 0.497 e. The van der Waals surface area contributed by atoms with E-state index in [1.165, 1.54) is 0 Å². The molecular weight excluding hydrogens is 394 g/mol. The van der Waals surface area contributed by atoms with Gasteiger partial charge in [0.25, 0.3) is 0 Å². The molecule has 0 aliphatic carbocycles. The molecule has 5 rings (SSSR count). The standard InChI is InChI=1S/C25H21NO5/c1-27-15-10-11-18-16(12-15)20-17-13-19(28-2)23(29-3)24(30-4)21(17)22(26-25(20)31-18)14-8-6-5-7-9-14/h5-13H,1-4H3. The van der Waals surface area contributed by atoms with Crippen LogP contribution in [-0.2, 0) is 0 Å². The molecule has 0 saturated carbocycles. The van der Waals surface area contributed by atoms with Gasteiger partial charge in [-0.25, -0.2) is 4.98 Å². The first-order chi connectivity index (χ1) is 15.2. The first-order valence-electron chi connectivity index (χ1n) is 9.78. The molecule has 0 aliphatic heterocycles. The van der Waals surface area contributed by atoms with Crippen LogP contribution in [0.25, 0.3) is 44.1 Å². The fourth-order valence-corrected chi connectivity index (χ4v) is 4.08. The molecule has 0 N–H and O–H groups in total. The highest BCUT2D eigenvalue weighted by Crippen LogP contribution is 2.49. The molecule has 2 aromatic heterocycles. The van der Waals surface area contributed by atoms with Gasteiger partial charge in [-0.3, -0.25) is 0 Å². The van der Waals surface area contributed by atoms with E-state index in [-0.39, 0.29) is 0 Å². The minimum atomic E-state index is 0.515. The lowest BCUT2D eigenvalue weighted by Crippen LogP contribution is -1.98. The lowest BCUT2D eigenvalue weighted by atomic mass is 9.98. The Morgan fingerprint density at radius 1 is 0.710 bits per heavy atom. The summed E-state index contributed by atoms with van der Waals surface area (Å²) in [6.45, 7) is 0. The maximum atomic E-state index is 6.15. The average molecular weight is 415 g/mol. The van der Waals surface area contributed by atoms with Gasteiger partial charge in [0.1, 0.15) is 11.3 Å². The topological polar surface area (TPSA) is 63.0 Å². The van der Waals surface area contributed by atoms with Crippen molar-refractivity contribution >= 4 is 32.8 Å².